The topological polar surface area (TPSA) is 63.4 Å². The number of benzene rings is 1. The fourth-order valence-corrected chi connectivity index (χ4v) is 5.65. The van der Waals surface area contributed by atoms with Gasteiger partial charge in [0.05, 0.1) is 22.0 Å². The standard InChI is InChI=1S/C23H25N5OS/c1-14-13-21-24-15(2)17(16(3)28(21)26-14)10-11-22(29)27-12-6-8-19(27)23-25-18-7-4-5-9-20(18)30-23/h4-5,7,9,13,19H,6,8,10-12H2,1-3H3/t19-/m0/s1. The molecule has 0 radical (unpaired) electrons. The van der Waals surface area contributed by atoms with Crippen molar-refractivity contribution in [2.45, 2.75) is 52.5 Å². The summed E-state index contributed by atoms with van der Waals surface area (Å²) in [5, 5.41) is 5.60. The van der Waals surface area contributed by atoms with Crippen LogP contribution in [0.2, 0.25) is 0 Å². The van der Waals surface area contributed by atoms with Gasteiger partial charge in [0.2, 0.25) is 5.91 Å². The van der Waals surface area contributed by atoms with E-state index in [1.807, 2.05) is 47.5 Å². The van der Waals surface area contributed by atoms with Gasteiger partial charge in [0.15, 0.2) is 5.65 Å². The SMILES string of the molecule is Cc1cc2nc(C)c(CCC(=O)N3CCC[C@H]3c3nc4ccccc4s3)c(C)n2n1. The lowest BCUT2D eigenvalue weighted by Gasteiger charge is -2.23. The van der Waals surface area contributed by atoms with E-state index in [1.165, 1.54) is 4.70 Å². The lowest BCUT2D eigenvalue weighted by atomic mass is 10.1. The van der Waals surface area contributed by atoms with Crippen molar-refractivity contribution in [1.29, 1.82) is 0 Å². The molecule has 1 fully saturated rings. The highest BCUT2D eigenvalue weighted by Gasteiger charge is 2.32. The molecule has 1 atom stereocenters. The number of thiazole rings is 1. The van der Waals surface area contributed by atoms with Crippen LogP contribution in [0.1, 0.15) is 53.0 Å². The molecule has 154 valence electrons. The molecule has 0 bridgehead atoms. The Bertz CT molecular complexity index is 1220. The molecule has 0 spiro atoms. The van der Waals surface area contributed by atoms with E-state index in [4.69, 9.17) is 4.98 Å². The second-order valence-corrected chi connectivity index (χ2v) is 9.14. The van der Waals surface area contributed by atoms with Crippen molar-refractivity contribution in [2.75, 3.05) is 6.54 Å². The number of aryl methyl sites for hydroxylation is 3. The van der Waals surface area contributed by atoms with Crippen molar-refractivity contribution < 1.29 is 4.79 Å². The third kappa shape index (κ3) is 3.27. The molecule has 4 aromatic rings. The van der Waals surface area contributed by atoms with Gasteiger partial charge in [-0.15, -0.1) is 11.3 Å². The Balaban J connectivity index is 1.35. The summed E-state index contributed by atoms with van der Waals surface area (Å²) in [4.78, 5) is 24.7. The second kappa shape index (κ2) is 7.47. The van der Waals surface area contributed by atoms with E-state index < -0.39 is 0 Å². The van der Waals surface area contributed by atoms with Crippen LogP contribution in [0.5, 0.6) is 0 Å². The van der Waals surface area contributed by atoms with Crippen molar-refractivity contribution in [1.82, 2.24) is 24.5 Å². The Labute approximate surface area is 179 Å². The minimum Gasteiger partial charge on any atom is -0.333 e. The molecule has 7 heteroatoms. The first kappa shape index (κ1) is 19.2. The van der Waals surface area contributed by atoms with Gasteiger partial charge in [-0.2, -0.15) is 5.10 Å². The maximum Gasteiger partial charge on any atom is 0.223 e. The number of carbonyl (C=O) groups excluding carboxylic acids is 1. The van der Waals surface area contributed by atoms with E-state index in [1.54, 1.807) is 11.3 Å². The predicted molar refractivity (Wildman–Crippen MR) is 119 cm³/mol. The normalized spacial score (nSPS) is 16.8. The fourth-order valence-electron chi connectivity index (χ4n) is 4.53. The number of hydrogen-bond acceptors (Lipinski definition) is 5. The molecule has 0 saturated carbocycles. The van der Waals surface area contributed by atoms with Gasteiger partial charge < -0.3 is 4.90 Å². The summed E-state index contributed by atoms with van der Waals surface area (Å²) >= 11 is 1.71. The van der Waals surface area contributed by atoms with Gasteiger partial charge in [-0.3, -0.25) is 4.79 Å². The quantitative estimate of drug-likeness (QED) is 0.486. The molecule has 1 aromatic carbocycles. The van der Waals surface area contributed by atoms with Crippen LogP contribution in [0.4, 0.5) is 0 Å². The second-order valence-electron chi connectivity index (χ2n) is 8.08. The van der Waals surface area contributed by atoms with E-state index in [2.05, 4.69) is 23.1 Å². The minimum atomic E-state index is 0.103. The molecule has 30 heavy (non-hydrogen) atoms. The molecule has 1 amide bonds. The van der Waals surface area contributed by atoms with Crippen LogP contribution in [-0.2, 0) is 11.2 Å². The Morgan fingerprint density at radius 3 is 2.87 bits per heavy atom. The van der Waals surface area contributed by atoms with Crippen LogP contribution in [0.15, 0.2) is 30.3 Å². The van der Waals surface area contributed by atoms with E-state index in [0.717, 1.165) is 58.2 Å². The third-order valence-electron chi connectivity index (χ3n) is 6.04. The van der Waals surface area contributed by atoms with Gasteiger partial charge in [-0.25, -0.2) is 14.5 Å². The molecule has 1 saturated heterocycles. The number of rotatable bonds is 4. The fraction of sp³-hybridized carbons (Fsp3) is 0.391. The lowest BCUT2D eigenvalue weighted by Crippen LogP contribution is -2.30. The van der Waals surface area contributed by atoms with Crippen molar-refractivity contribution in [2.24, 2.45) is 0 Å². The first-order chi connectivity index (χ1) is 14.5. The van der Waals surface area contributed by atoms with Crippen LogP contribution in [0, 0.1) is 20.8 Å². The molecule has 1 aliphatic rings. The summed E-state index contributed by atoms with van der Waals surface area (Å²) in [5.41, 5.74) is 6.02. The molecule has 6 nitrogen and oxygen atoms in total. The van der Waals surface area contributed by atoms with Gasteiger partial charge in [-0.1, -0.05) is 12.1 Å². The van der Waals surface area contributed by atoms with Crippen LogP contribution in [0.25, 0.3) is 15.9 Å². The van der Waals surface area contributed by atoms with Crippen LogP contribution in [0.3, 0.4) is 0 Å². The number of amides is 1. The number of nitrogens with zero attached hydrogens (tertiary/aromatic N) is 5. The van der Waals surface area contributed by atoms with Gasteiger partial charge in [0, 0.05) is 30.4 Å². The molecular formula is C23H25N5OS. The van der Waals surface area contributed by atoms with E-state index in [9.17, 15) is 4.79 Å². The first-order valence-corrected chi connectivity index (χ1v) is 11.3. The number of aromatic nitrogens is 4. The van der Waals surface area contributed by atoms with Gasteiger partial charge in [-0.05, 0) is 57.7 Å². The molecule has 3 aromatic heterocycles. The lowest BCUT2D eigenvalue weighted by molar-refractivity contribution is -0.132. The largest absolute Gasteiger partial charge is 0.333 e. The predicted octanol–water partition coefficient (Wildman–Crippen LogP) is 4.56. The van der Waals surface area contributed by atoms with Gasteiger partial charge in [0.25, 0.3) is 0 Å². The highest BCUT2D eigenvalue weighted by Crippen LogP contribution is 2.37. The summed E-state index contributed by atoms with van der Waals surface area (Å²) in [6.45, 7) is 6.87. The van der Waals surface area contributed by atoms with Crippen LogP contribution >= 0.6 is 11.3 Å². The number of para-hydroxylation sites is 1. The van der Waals surface area contributed by atoms with Crippen molar-refractivity contribution in [3.8, 4) is 0 Å². The first-order valence-electron chi connectivity index (χ1n) is 10.5. The van der Waals surface area contributed by atoms with E-state index >= 15 is 0 Å². The summed E-state index contributed by atoms with van der Waals surface area (Å²) < 4.78 is 3.08. The molecule has 5 rings (SSSR count). The summed E-state index contributed by atoms with van der Waals surface area (Å²) in [7, 11) is 0. The Morgan fingerprint density at radius 2 is 2.03 bits per heavy atom. The Kier molecular flexibility index (Phi) is 4.77. The number of likely N-dealkylation sites (tertiary alicyclic amines) is 1. The van der Waals surface area contributed by atoms with E-state index in [-0.39, 0.29) is 11.9 Å². The summed E-state index contributed by atoms with van der Waals surface area (Å²) in [5.74, 6) is 0.201. The monoisotopic (exact) mass is 419 g/mol. The highest BCUT2D eigenvalue weighted by atomic mass is 32.1. The van der Waals surface area contributed by atoms with Gasteiger partial charge in [0.1, 0.15) is 5.01 Å². The summed E-state index contributed by atoms with van der Waals surface area (Å²) in [6, 6.07) is 10.3. The average molecular weight is 420 g/mol. The highest BCUT2D eigenvalue weighted by molar-refractivity contribution is 7.18. The van der Waals surface area contributed by atoms with Crippen LogP contribution < -0.4 is 0 Å². The Hall–Kier alpha value is -2.80. The zero-order chi connectivity index (χ0) is 20.8. The number of fused-ring (bicyclic) bond motifs is 2. The molecule has 4 heterocycles. The molecule has 1 aliphatic heterocycles. The van der Waals surface area contributed by atoms with E-state index in [0.29, 0.717) is 12.8 Å². The molecule has 0 N–H and O–H groups in total. The van der Waals surface area contributed by atoms with Gasteiger partial charge >= 0.3 is 0 Å². The number of hydrogen-bond donors (Lipinski definition) is 0. The maximum atomic E-state index is 13.2. The minimum absolute atomic E-state index is 0.103. The molecule has 0 unspecified atom stereocenters. The smallest absolute Gasteiger partial charge is 0.223 e. The number of carbonyl (C=O) groups is 1. The van der Waals surface area contributed by atoms with Crippen molar-refractivity contribution >= 4 is 33.1 Å². The average Bonchev–Trinajstić information content (AvgIpc) is 3.44. The Morgan fingerprint density at radius 1 is 1.20 bits per heavy atom. The van der Waals surface area contributed by atoms with Crippen LogP contribution in [-0.4, -0.2) is 36.9 Å². The van der Waals surface area contributed by atoms with Crippen molar-refractivity contribution in [3.05, 3.63) is 58.0 Å². The maximum absolute atomic E-state index is 13.2. The van der Waals surface area contributed by atoms with Crippen molar-refractivity contribution in [3.63, 3.8) is 0 Å². The third-order valence-corrected chi connectivity index (χ3v) is 7.18. The zero-order valence-electron chi connectivity index (χ0n) is 17.6. The zero-order valence-corrected chi connectivity index (χ0v) is 18.4. The molecular weight excluding hydrogens is 394 g/mol. The molecule has 0 aliphatic carbocycles. The summed E-state index contributed by atoms with van der Waals surface area (Å²) in [6.07, 6.45) is 3.19.